The summed E-state index contributed by atoms with van der Waals surface area (Å²) in [6, 6.07) is 8.01. The molecule has 3 N–H and O–H groups in total. The summed E-state index contributed by atoms with van der Waals surface area (Å²) < 4.78 is 0. The molecule has 2 rings (SSSR count). The molecule has 1 aliphatic carbocycles. The maximum Gasteiger partial charge on any atom is 0.144 e. The van der Waals surface area contributed by atoms with Crippen molar-refractivity contribution in [3.05, 3.63) is 34.9 Å². The average Bonchev–Trinajstić information content (AvgIpc) is 2.38. The third-order valence-electron chi connectivity index (χ3n) is 3.15. The van der Waals surface area contributed by atoms with Gasteiger partial charge in [0.05, 0.1) is 11.1 Å². The predicted molar refractivity (Wildman–Crippen MR) is 72.2 cm³/mol. The molecular formula is C13H18ClN3. The molecule has 0 aromatic heterocycles. The average molecular weight is 252 g/mol. The van der Waals surface area contributed by atoms with Crippen LogP contribution in [0.25, 0.3) is 0 Å². The summed E-state index contributed by atoms with van der Waals surface area (Å²) in [5.74, 6) is 6.25. The van der Waals surface area contributed by atoms with Crippen molar-refractivity contribution in [1.82, 2.24) is 5.43 Å². The Morgan fingerprint density at radius 3 is 2.59 bits per heavy atom. The minimum atomic E-state index is 0.381. The lowest BCUT2D eigenvalue weighted by Gasteiger charge is -2.19. The molecule has 4 heteroatoms. The Bertz CT molecular complexity index is 397. The maximum atomic E-state index is 6.14. The summed E-state index contributed by atoms with van der Waals surface area (Å²) in [5.41, 5.74) is 3.55. The maximum absolute atomic E-state index is 6.14. The van der Waals surface area contributed by atoms with E-state index < -0.39 is 0 Å². The van der Waals surface area contributed by atoms with Crippen LogP contribution in [-0.4, -0.2) is 11.9 Å². The largest absolute Gasteiger partial charge is 0.308 e. The van der Waals surface area contributed by atoms with Gasteiger partial charge >= 0.3 is 0 Å². The van der Waals surface area contributed by atoms with E-state index in [-0.39, 0.29) is 0 Å². The van der Waals surface area contributed by atoms with E-state index in [9.17, 15) is 0 Å². The molecular weight excluding hydrogens is 234 g/mol. The Balaban J connectivity index is 2.20. The number of aliphatic imine (C=N–C) groups is 1. The van der Waals surface area contributed by atoms with Gasteiger partial charge in [0.2, 0.25) is 0 Å². The van der Waals surface area contributed by atoms with Crippen LogP contribution in [0.4, 0.5) is 0 Å². The number of halogens is 1. The van der Waals surface area contributed by atoms with Gasteiger partial charge < -0.3 is 5.43 Å². The first kappa shape index (κ1) is 12.4. The highest BCUT2D eigenvalue weighted by Crippen LogP contribution is 2.22. The van der Waals surface area contributed by atoms with Crippen LogP contribution in [0.5, 0.6) is 0 Å². The number of hydrazine groups is 1. The molecule has 0 radical (unpaired) electrons. The summed E-state index contributed by atoms with van der Waals surface area (Å²) >= 11 is 6.14. The first-order chi connectivity index (χ1) is 8.31. The summed E-state index contributed by atoms with van der Waals surface area (Å²) in [6.07, 6.45) is 6.14. The third kappa shape index (κ3) is 3.20. The van der Waals surface area contributed by atoms with E-state index in [0.29, 0.717) is 16.9 Å². The molecule has 3 nitrogen and oxygen atoms in total. The van der Waals surface area contributed by atoms with E-state index in [1.807, 2.05) is 24.3 Å². The van der Waals surface area contributed by atoms with Crippen LogP contribution >= 0.6 is 11.6 Å². The van der Waals surface area contributed by atoms with Crippen molar-refractivity contribution in [2.75, 3.05) is 0 Å². The molecule has 0 unspecified atom stereocenters. The zero-order valence-corrected chi connectivity index (χ0v) is 10.6. The first-order valence-corrected chi connectivity index (χ1v) is 6.48. The molecule has 0 spiro atoms. The fourth-order valence-electron chi connectivity index (χ4n) is 2.23. The normalized spacial score (nSPS) is 18.1. The highest BCUT2D eigenvalue weighted by atomic mass is 35.5. The summed E-state index contributed by atoms with van der Waals surface area (Å²) in [7, 11) is 0. The Hall–Kier alpha value is -1.06. The van der Waals surface area contributed by atoms with Crippen LogP contribution in [0.1, 0.15) is 37.7 Å². The summed E-state index contributed by atoms with van der Waals surface area (Å²) in [5, 5.41) is 0.681. The molecule has 0 bridgehead atoms. The minimum Gasteiger partial charge on any atom is -0.308 e. The lowest BCUT2D eigenvalue weighted by molar-refractivity contribution is 0.442. The van der Waals surface area contributed by atoms with Crippen molar-refractivity contribution in [2.45, 2.75) is 38.1 Å². The van der Waals surface area contributed by atoms with Crippen LogP contribution in [0.2, 0.25) is 5.02 Å². The third-order valence-corrected chi connectivity index (χ3v) is 3.48. The van der Waals surface area contributed by atoms with E-state index in [2.05, 4.69) is 10.4 Å². The monoisotopic (exact) mass is 251 g/mol. The molecule has 0 aliphatic heterocycles. The van der Waals surface area contributed by atoms with E-state index in [0.717, 1.165) is 18.4 Å². The van der Waals surface area contributed by atoms with Crippen LogP contribution < -0.4 is 11.3 Å². The Labute approximate surface area is 107 Å². The molecule has 0 atom stereocenters. The summed E-state index contributed by atoms with van der Waals surface area (Å²) in [4.78, 5) is 4.68. The van der Waals surface area contributed by atoms with Crippen LogP contribution in [-0.2, 0) is 0 Å². The van der Waals surface area contributed by atoms with Crippen LogP contribution in [0.15, 0.2) is 29.3 Å². The minimum absolute atomic E-state index is 0.381. The van der Waals surface area contributed by atoms with Gasteiger partial charge in [0.15, 0.2) is 0 Å². The lowest BCUT2D eigenvalue weighted by atomic mass is 9.96. The van der Waals surface area contributed by atoms with Crippen molar-refractivity contribution in [3.8, 4) is 0 Å². The van der Waals surface area contributed by atoms with Gasteiger partial charge in [-0.05, 0) is 25.0 Å². The molecule has 1 aliphatic rings. The van der Waals surface area contributed by atoms with Crippen molar-refractivity contribution >= 4 is 17.4 Å². The predicted octanol–water partition coefficient (Wildman–Crippen LogP) is 2.88. The Kier molecular flexibility index (Phi) is 4.40. The first-order valence-electron chi connectivity index (χ1n) is 6.10. The van der Waals surface area contributed by atoms with Crippen molar-refractivity contribution in [2.24, 2.45) is 10.8 Å². The standard InChI is InChI=1S/C13H18ClN3/c14-12-9-5-4-8-11(12)13(17-15)16-10-6-2-1-3-7-10/h4-5,8-10H,1-3,6-7,15H2,(H,16,17). The number of nitrogens with one attached hydrogen (secondary N) is 1. The van der Waals surface area contributed by atoms with E-state index in [1.165, 1.54) is 19.3 Å². The van der Waals surface area contributed by atoms with Gasteiger partial charge in [0.1, 0.15) is 5.84 Å². The molecule has 0 saturated heterocycles. The van der Waals surface area contributed by atoms with Gasteiger partial charge in [-0.15, -0.1) is 0 Å². The second-order valence-electron chi connectivity index (χ2n) is 4.39. The summed E-state index contributed by atoms with van der Waals surface area (Å²) in [6.45, 7) is 0. The molecule has 17 heavy (non-hydrogen) atoms. The van der Waals surface area contributed by atoms with Gasteiger partial charge in [-0.3, -0.25) is 4.99 Å². The quantitative estimate of drug-likeness (QED) is 0.368. The molecule has 0 heterocycles. The number of benzene rings is 1. The van der Waals surface area contributed by atoms with Gasteiger partial charge in [-0.2, -0.15) is 0 Å². The molecule has 92 valence electrons. The number of amidine groups is 1. The van der Waals surface area contributed by atoms with Gasteiger partial charge in [0.25, 0.3) is 0 Å². The van der Waals surface area contributed by atoms with Crippen molar-refractivity contribution in [3.63, 3.8) is 0 Å². The van der Waals surface area contributed by atoms with E-state index >= 15 is 0 Å². The fraction of sp³-hybridized carbons (Fsp3) is 0.462. The molecule has 1 aromatic carbocycles. The number of rotatable bonds is 2. The molecule has 1 fully saturated rings. The van der Waals surface area contributed by atoms with E-state index in [4.69, 9.17) is 17.4 Å². The highest BCUT2D eigenvalue weighted by molar-refractivity contribution is 6.34. The Morgan fingerprint density at radius 2 is 1.94 bits per heavy atom. The Morgan fingerprint density at radius 1 is 1.24 bits per heavy atom. The van der Waals surface area contributed by atoms with Crippen molar-refractivity contribution < 1.29 is 0 Å². The van der Waals surface area contributed by atoms with Gasteiger partial charge in [-0.25, -0.2) is 5.84 Å². The molecule has 0 amide bonds. The SMILES string of the molecule is NNC(=NC1CCCCC1)c1ccccc1Cl. The van der Waals surface area contributed by atoms with Gasteiger partial charge in [-0.1, -0.05) is 43.0 Å². The smallest absolute Gasteiger partial charge is 0.144 e. The molecule has 1 aromatic rings. The second-order valence-corrected chi connectivity index (χ2v) is 4.80. The topological polar surface area (TPSA) is 50.4 Å². The van der Waals surface area contributed by atoms with Crippen LogP contribution in [0, 0.1) is 0 Å². The second kappa shape index (κ2) is 6.03. The zero-order valence-electron chi connectivity index (χ0n) is 9.82. The zero-order chi connectivity index (χ0) is 12.1. The van der Waals surface area contributed by atoms with Gasteiger partial charge in [0, 0.05) is 5.56 Å². The number of nitrogens with two attached hydrogens (primary N) is 1. The van der Waals surface area contributed by atoms with Crippen molar-refractivity contribution in [1.29, 1.82) is 0 Å². The number of hydrogen-bond acceptors (Lipinski definition) is 2. The van der Waals surface area contributed by atoms with E-state index in [1.54, 1.807) is 0 Å². The number of nitrogens with zero attached hydrogens (tertiary/aromatic N) is 1. The molecule has 1 saturated carbocycles. The highest BCUT2D eigenvalue weighted by Gasteiger charge is 2.14. The fourth-order valence-corrected chi connectivity index (χ4v) is 2.46. The lowest BCUT2D eigenvalue weighted by Crippen LogP contribution is -2.33. The number of hydrogen-bond donors (Lipinski definition) is 2. The van der Waals surface area contributed by atoms with Crippen LogP contribution in [0.3, 0.4) is 0 Å².